The quantitative estimate of drug-likeness (QED) is 0.592. The van der Waals surface area contributed by atoms with Gasteiger partial charge in [-0.05, 0) is 37.1 Å². The summed E-state index contributed by atoms with van der Waals surface area (Å²) < 4.78 is 32.6. The number of hydrogen-bond donors (Lipinski definition) is 0. The molecule has 0 unspecified atom stereocenters. The monoisotopic (exact) mass is 385 g/mol. The highest BCUT2D eigenvalue weighted by Gasteiger charge is 2.29. The molecule has 5 nitrogen and oxygen atoms in total. The van der Waals surface area contributed by atoms with Gasteiger partial charge in [0, 0.05) is 25.4 Å². The average Bonchev–Trinajstić information content (AvgIpc) is 2.72. The Morgan fingerprint density at radius 1 is 1.32 bits per heavy atom. The lowest BCUT2D eigenvalue weighted by Crippen LogP contribution is -2.43. The predicted octanol–water partition coefficient (Wildman–Crippen LogP) is 3.93. The Kier molecular flexibility index (Phi) is 6.13. The fourth-order valence-corrected chi connectivity index (χ4v) is 3.22. The third-order valence-electron chi connectivity index (χ3n) is 4.63. The van der Waals surface area contributed by atoms with Crippen LogP contribution in [-0.2, 0) is 4.74 Å². The van der Waals surface area contributed by atoms with Crippen LogP contribution in [0.4, 0.5) is 8.78 Å². The molecule has 1 aliphatic heterocycles. The number of benzene rings is 1. The smallest absolute Gasteiger partial charge is 0.256 e. The lowest BCUT2D eigenvalue weighted by Gasteiger charge is -2.33. The van der Waals surface area contributed by atoms with Crippen LogP contribution < -0.4 is 0 Å². The number of likely N-dealkylation sites (tertiary alicyclic amines) is 1. The van der Waals surface area contributed by atoms with Gasteiger partial charge in [-0.25, -0.2) is 13.8 Å². The average molecular weight is 385 g/mol. The summed E-state index contributed by atoms with van der Waals surface area (Å²) in [5, 5.41) is 0. The Bertz CT molecular complexity index is 900. The Morgan fingerprint density at radius 2 is 2.14 bits per heavy atom. The summed E-state index contributed by atoms with van der Waals surface area (Å²) in [7, 11) is 1.52. The normalized spacial score (nSPS) is 17.3. The number of aromatic nitrogens is 1. The molecule has 1 amide bonds. The number of ether oxygens (including phenoxy) is 1. The third kappa shape index (κ3) is 4.42. The number of halogens is 2. The Hall–Kier alpha value is -3.09. The van der Waals surface area contributed by atoms with E-state index in [-0.39, 0.29) is 11.5 Å². The summed E-state index contributed by atoms with van der Waals surface area (Å²) in [5.74, 6) is -1.75. The largest absolute Gasteiger partial charge is 0.484 e. The van der Waals surface area contributed by atoms with Crippen LogP contribution >= 0.6 is 0 Å². The minimum absolute atomic E-state index is 0.143. The first kappa shape index (κ1) is 19.7. The molecule has 1 atom stereocenters. The molecule has 0 bridgehead atoms. The highest BCUT2D eigenvalue weighted by Crippen LogP contribution is 2.23. The van der Waals surface area contributed by atoms with Crippen molar-refractivity contribution in [3.8, 4) is 0 Å². The molecule has 28 heavy (non-hydrogen) atoms. The second-order valence-corrected chi connectivity index (χ2v) is 6.53. The zero-order valence-corrected chi connectivity index (χ0v) is 15.6. The molecular weight excluding hydrogens is 364 g/mol. The summed E-state index contributed by atoms with van der Waals surface area (Å²) in [6.45, 7) is 4.76. The Labute approximate surface area is 162 Å². The molecule has 0 saturated carbocycles. The van der Waals surface area contributed by atoms with E-state index in [1.165, 1.54) is 13.2 Å². The number of methoxy groups -OCH3 is 1. The molecule has 1 aromatic carbocycles. The van der Waals surface area contributed by atoms with Crippen molar-refractivity contribution in [2.45, 2.75) is 12.8 Å². The maximum atomic E-state index is 14.0. The molecule has 7 heteroatoms. The van der Waals surface area contributed by atoms with Crippen molar-refractivity contribution in [3.05, 3.63) is 72.1 Å². The summed E-state index contributed by atoms with van der Waals surface area (Å²) in [4.78, 5) is 22.9. The van der Waals surface area contributed by atoms with Gasteiger partial charge in [0.1, 0.15) is 11.6 Å². The fraction of sp³-hybridized carbons (Fsp3) is 0.286. The van der Waals surface area contributed by atoms with E-state index in [4.69, 9.17) is 4.74 Å². The van der Waals surface area contributed by atoms with Gasteiger partial charge in [-0.1, -0.05) is 12.6 Å². The van der Waals surface area contributed by atoms with Crippen molar-refractivity contribution < 1.29 is 18.3 Å². The minimum Gasteiger partial charge on any atom is -0.484 e. The number of hydrogen-bond acceptors (Lipinski definition) is 4. The first-order valence-electron chi connectivity index (χ1n) is 8.96. The maximum Gasteiger partial charge on any atom is 0.256 e. The van der Waals surface area contributed by atoms with Crippen molar-refractivity contribution in [2.75, 3.05) is 20.2 Å². The van der Waals surface area contributed by atoms with E-state index in [0.717, 1.165) is 18.9 Å². The molecule has 1 fully saturated rings. The SMILES string of the molecule is C=C(N=C(OC)[C@H]1CCCN(C(=O)c2ccc(F)cc2F)C1)c1ccccn1. The third-order valence-corrected chi connectivity index (χ3v) is 4.63. The first-order chi connectivity index (χ1) is 13.5. The molecule has 0 radical (unpaired) electrons. The zero-order chi connectivity index (χ0) is 20.1. The lowest BCUT2D eigenvalue weighted by atomic mass is 9.97. The van der Waals surface area contributed by atoms with Crippen LogP contribution in [0.2, 0.25) is 0 Å². The van der Waals surface area contributed by atoms with E-state index >= 15 is 0 Å². The van der Waals surface area contributed by atoms with Crippen molar-refractivity contribution >= 4 is 17.5 Å². The van der Waals surface area contributed by atoms with Crippen molar-refractivity contribution in [1.29, 1.82) is 0 Å². The molecule has 146 valence electrons. The Morgan fingerprint density at radius 3 is 2.82 bits per heavy atom. The zero-order valence-electron chi connectivity index (χ0n) is 15.6. The van der Waals surface area contributed by atoms with E-state index in [9.17, 15) is 13.6 Å². The number of aliphatic imine (C=N–C) groups is 1. The summed E-state index contributed by atoms with van der Waals surface area (Å²) >= 11 is 0. The number of nitrogens with zero attached hydrogens (tertiary/aromatic N) is 3. The van der Waals surface area contributed by atoms with E-state index in [2.05, 4.69) is 16.6 Å². The van der Waals surface area contributed by atoms with Crippen molar-refractivity contribution in [2.24, 2.45) is 10.9 Å². The topological polar surface area (TPSA) is 54.8 Å². The van der Waals surface area contributed by atoms with Crippen LogP contribution in [0.25, 0.3) is 5.70 Å². The molecule has 0 aliphatic carbocycles. The molecule has 3 rings (SSSR count). The van der Waals surface area contributed by atoms with Gasteiger partial charge in [0.15, 0.2) is 5.90 Å². The van der Waals surface area contributed by atoms with Gasteiger partial charge in [-0.15, -0.1) is 0 Å². The maximum absolute atomic E-state index is 14.0. The predicted molar refractivity (Wildman–Crippen MR) is 103 cm³/mol. The number of pyridine rings is 1. The second-order valence-electron chi connectivity index (χ2n) is 6.53. The lowest BCUT2D eigenvalue weighted by molar-refractivity contribution is 0.0690. The molecule has 2 heterocycles. The van der Waals surface area contributed by atoms with Gasteiger partial charge in [0.2, 0.25) is 0 Å². The second kappa shape index (κ2) is 8.73. The molecule has 0 spiro atoms. The van der Waals surface area contributed by atoms with Gasteiger partial charge < -0.3 is 9.64 Å². The summed E-state index contributed by atoms with van der Waals surface area (Å²) in [6.07, 6.45) is 3.15. The Balaban J connectivity index is 1.76. The summed E-state index contributed by atoms with van der Waals surface area (Å²) in [6, 6.07) is 8.41. The highest BCUT2D eigenvalue weighted by atomic mass is 19.1. The van der Waals surface area contributed by atoms with E-state index < -0.39 is 17.5 Å². The van der Waals surface area contributed by atoms with Gasteiger partial charge in [0.25, 0.3) is 5.91 Å². The molecule has 0 N–H and O–H groups in total. The number of carbonyl (C=O) groups is 1. The van der Waals surface area contributed by atoms with Crippen LogP contribution in [-0.4, -0.2) is 41.9 Å². The number of rotatable bonds is 4. The van der Waals surface area contributed by atoms with Gasteiger partial charge in [0.05, 0.1) is 30.0 Å². The van der Waals surface area contributed by atoms with Crippen LogP contribution in [0.5, 0.6) is 0 Å². The van der Waals surface area contributed by atoms with Gasteiger partial charge >= 0.3 is 0 Å². The summed E-state index contributed by atoms with van der Waals surface area (Å²) in [5.41, 5.74) is 0.954. The molecule has 2 aromatic rings. The van der Waals surface area contributed by atoms with E-state index in [0.29, 0.717) is 36.4 Å². The van der Waals surface area contributed by atoms with Crippen LogP contribution in [0.15, 0.2) is 54.2 Å². The van der Waals surface area contributed by atoms with Crippen molar-refractivity contribution in [3.63, 3.8) is 0 Å². The minimum atomic E-state index is -0.865. The van der Waals surface area contributed by atoms with Crippen LogP contribution in [0.3, 0.4) is 0 Å². The fourth-order valence-electron chi connectivity index (χ4n) is 3.22. The van der Waals surface area contributed by atoms with Gasteiger partial charge in [-0.2, -0.15) is 0 Å². The standard InChI is InChI=1S/C21H21F2N3O2/c1-14(19-7-3-4-10-24-19)25-20(28-2)15-6-5-11-26(13-15)21(27)17-9-8-16(22)12-18(17)23/h3-4,7-10,12,15H,1,5-6,11,13H2,2H3/t15-/m0/s1. The van der Waals surface area contributed by atoms with E-state index in [1.807, 2.05) is 6.07 Å². The molecule has 1 aliphatic rings. The first-order valence-corrected chi connectivity index (χ1v) is 8.96. The highest BCUT2D eigenvalue weighted by molar-refractivity contribution is 5.95. The molecule has 1 saturated heterocycles. The number of carbonyl (C=O) groups excluding carboxylic acids is 1. The van der Waals surface area contributed by atoms with Crippen LogP contribution in [0.1, 0.15) is 28.9 Å². The van der Waals surface area contributed by atoms with E-state index in [1.54, 1.807) is 23.2 Å². The number of amides is 1. The van der Waals surface area contributed by atoms with Gasteiger partial charge in [-0.3, -0.25) is 9.78 Å². The molecule has 1 aromatic heterocycles. The molecular formula is C21H21F2N3O2. The number of piperidine rings is 1. The van der Waals surface area contributed by atoms with Crippen LogP contribution in [0, 0.1) is 17.6 Å². The van der Waals surface area contributed by atoms with Crippen molar-refractivity contribution in [1.82, 2.24) is 9.88 Å².